The molecule has 1 N–H and O–H groups in total. The molecule has 1 aliphatic heterocycles. The molecule has 0 bridgehead atoms. The average molecular weight is 222 g/mol. The second-order valence-electron chi connectivity index (χ2n) is 3.70. The van der Waals surface area contributed by atoms with Gasteiger partial charge in [0.15, 0.2) is 5.75 Å². The molecule has 0 fully saturated rings. The van der Waals surface area contributed by atoms with Crippen LogP contribution in [0.3, 0.4) is 0 Å². The van der Waals surface area contributed by atoms with Crippen LogP contribution in [0.1, 0.15) is 18.9 Å². The van der Waals surface area contributed by atoms with Crippen LogP contribution in [-0.4, -0.2) is 18.1 Å². The van der Waals surface area contributed by atoms with Crippen LogP contribution in [-0.2, 0) is 6.42 Å². The molecule has 0 aromatic heterocycles. The van der Waals surface area contributed by atoms with Gasteiger partial charge in [0.25, 0.3) is 0 Å². The summed E-state index contributed by atoms with van der Waals surface area (Å²) in [6, 6.07) is 3.35. The SMILES string of the molecule is CCOc1cc2c(cc1[N+](=O)[O-])NCCC2. The molecule has 0 spiro atoms. The van der Waals surface area contributed by atoms with Crippen molar-refractivity contribution in [3.8, 4) is 5.75 Å². The Bertz CT molecular complexity index is 418. The van der Waals surface area contributed by atoms with E-state index >= 15 is 0 Å². The Hall–Kier alpha value is -1.78. The largest absolute Gasteiger partial charge is 0.487 e. The highest BCUT2D eigenvalue weighted by Crippen LogP contribution is 2.35. The quantitative estimate of drug-likeness (QED) is 0.629. The Morgan fingerprint density at radius 3 is 3.06 bits per heavy atom. The number of nitrogens with zero attached hydrogens (tertiary/aromatic N) is 1. The summed E-state index contributed by atoms with van der Waals surface area (Å²) in [6.07, 6.45) is 2.00. The third-order valence-electron chi connectivity index (χ3n) is 2.62. The predicted molar refractivity (Wildman–Crippen MR) is 61.1 cm³/mol. The smallest absolute Gasteiger partial charge is 0.312 e. The maximum absolute atomic E-state index is 10.9. The molecule has 0 unspecified atom stereocenters. The van der Waals surface area contributed by atoms with Crippen LogP contribution in [0, 0.1) is 10.1 Å². The zero-order valence-corrected chi connectivity index (χ0v) is 9.16. The molecule has 0 atom stereocenters. The fraction of sp³-hybridized carbons (Fsp3) is 0.455. The summed E-state index contributed by atoms with van der Waals surface area (Å²) in [5.41, 5.74) is 2.00. The first-order valence-electron chi connectivity index (χ1n) is 5.40. The fourth-order valence-electron chi connectivity index (χ4n) is 1.90. The van der Waals surface area contributed by atoms with Gasteiger partial charge in [0, 0.05) is 18.3 Å². The Labute approximate surface area is 93.6 Å². The first kappa shape index (κ1) is 10.7. The van der Waals surface area contributed by atoms with Crippen LogP contribution < -0.4 is 10.1 Å². The minimum atomic E-state index is -0.401. The van der Waals surface area contributed by atoms with Gasteiger partial charge in [0.1, 0.15) is 0 Å². The van der Waals surface area contributed by atoms with Gasteiger partial charge in [-0.05, 0) is 31.4 Å². The highest BCUT2D eigenvalue weighted by molar-refractivity contribution is 5.64. The van der Waals surface area contributed by atoms with E-state index in [0.29, 0.717) is 12.4 Å². The first-order valence-corrected chi connectivity index (χ1v) is 5.40. The van der Waals surface area contributed by atoms with E-state index in [4.69, 9.17) is 4.74 Å². The van der Waals surface area contributed by atoms with E-state index in [1.54, 1.807) is 12.1 Å². The molecular weight excluding hydrogens is 208 g/mol. The van der Waals surface area contributed by atoms with Crippen molar-refractivity contribution in [1.29, 1.82) is 0 Å². The monoisotopic (exact) mass is 222 g/mol. The number of anilines is 1. The normalized spacial score (nSPS) is 13.8. The summed E-state index contributed by atoms with van der Waals surface area (Å²) >= 11 is 0. The molecule has 0 saturated heterocycles. The number of aryl methyl sites for hydroxylation is 1. The number of nitrogens with one attached hydrogen (secondary N) is 1. The Morgan fingerprint density at radius 2 is 2.38 bits per heavy atom. The van der Waals surface area contributed by atoms with Gasteiger partial charge < -0.3 is 10.1 Å². The van der Waals surface area contributed by atoms with Crippen LogP contribution >= 0.6 is 0 Å². The zero-order chi connectivity index (χ0) is 11.5. The number of fused-ring (bicyclic) bond motifs is 1. The lowest BCUT2D eigenvalue weighted by atomic mass is 10.0. The van der Waals surface area contributed by atoms with Gasteiger partial charge in [0.05, 0.1) is 11.5 Å². The van der Waals surface area contributed by atoms with Crippen LogP contribution in [0.25, 0.3) is 0 Å². The zero-order valence-electron chi connectivity index (χ0n) is 9.16. The van der Waals surface area contributed by atoms with E-state index in [2.05, 4.69) is 5.32 Å². The first-order chi connectivity index (χ1) is 7.72. The van der Waals surface area contributed by atoms with Crippen molar-refractivity contribution in [1.82, 2.24) is 0 Å². The maximum Gasteiger partial charge on any atom is 0.312 e. The van der Waals surface area contributed by atoms with Gasteiger partial charge in [-0.1, -0.05) is 0 Å². The van der Waals surface area contributed by atoms with Crippen molar-refractivity contribution in [2.45, 2.75) is 19.8 Å². The number of hydrogen-bond acceptors (Lipinski definition) is 4. The van der Waals surface area contributed by atoms with E-state index in [1.165, 1.54) is 0 Å². The number of nitro benzene ring substituents is 1. The number of ether oxygens (including phenoxy) is 1. The van der Waals surface area contributed by atoms with Crippen molar-refractivity contribution in [3.05, 3.63) is 27.8 Å². The summed E-state index contributed by atoms with van der Waals surface area (Å²) in [5, 5.41) is 14.0. The summed E-state index contributed by atoms with van der Waals surface area (Å²) in [5.74, 6) is 0.370. The molecule has 5 nitrogen and oxygen atoms in total. The van der Waals surface area contributed by atoms with Gasteiger partial charge in [0.2, 0.25) is 0 Å². The fourth-order valence-corrected chi connectivity index (χ4v) is 1.90. The van der Waals surface area contributed by atoms with E-state index < -0.39 is 4.92 Å². The lowest BCUT2D eigenvalue weighted by molar-refractivity contribution is -0.385. The van der Waals surface area contributed by atoms with E-state index in [-0.39, 0.29) is 5.69 Å². The molecule has 0 saturated carbocycles. The van der Waals surface area contributed by atoms with Crippen molar-refractivity contribution in [2.75, 3.05) is 18.5 Å². The molecule has 86 valence electrons. The van der Waals surface area contributed by atoms with Crippen molar-refractivity contribution >= 4 is 11.4 Å². The Balaban J connectivity index is 2.45. The summed E-state index contributed by atoms with van der Waals surface area (Å²) in [4.78, 5) is 10.5. The molecule has 1 aromatic rings. The van der Waals surface area contributed by atoms with Gasteiger partial charge in [-0.3, -0.25) is 10.1 Å². The minimum absolute atomic E-state index is 0.0370. The van der Waals surface area contributed by atoms with Crippen LogP contribution in [0.4, 0.5) is 11.4 Å². The molecule has 1 aromatic carbocycles. The van der Waals surface area contributed by atoms with Crippen LogP contribution in [0.2, 0.25) is 0 Å². The Morgan fingerprint density at radius 1 is 1.56 bits per heavy atom. The second kappa shape index (κ2) is 4.38. The molecule has 0 radical (unpaired) electrons. The predicted octanol–water partition coefficient (Wildman–Crippen LogP) is 2.35. The van der Waals surface area contributed by atoms with Crippen LogP contribution in [0.15, 0.2) is 12.1 Å². The number of nitro groups is 1. The molecule has 5 heteroatoms. The Kier molecular flexibility index (Phi) is 2.94. The standard InChI is InChI=1S/C11H14N2O3/c1-2-16-11-6-8-4-3-5-12-9(8)7-10(11)13(14)15/h6-7,12H,2-5H2,1H3. The summed E-state index contributed by atoms with van der Waals surface area (Å²) in [7, 11) is 0. The van der Waals surface area contributed by atoms with Crippen molar-refractivity contribution in [2.24, 2.45) is 0 Å². The average Bonchev–Trinajstić information content (AvgIpc) is 2.28. The molecular formula is C11H14N2O3. The maximum atomic E-state index is 10.9. The van der Waals surface area contributed by atoms with Gasteiger partial charge >= 0.3 is 5.69 Å². The van der Waals surface area contributed by atoms with Crippen molar-refractivity contribution < 1.29 is 9.66 Å². The molecule has 2 rings (SSSR count). The number of hydrogen-bond donors (Lipinski definition) is 1. The van der Waals surface area contributed by atoms with Gasteiger partial charge in [-0.2, -0.15) is 0 Å². The topological polar surface area (TPSA) is 64.4 Å². The lowest BCUT2D eigenvalue weighted by Gasteiger charge is -2.18. The molecule has 1 heterocycles. The number of benzene rings is 1. The highest BCUT2D eigenvalue weighted by atomic mass is 16.6. The third-order valence-corrected chi connectivity index (χ3v) is 2.62. The summed E-state index contributed by atoms with van der Waals surface area (Å²) < 4.78 is 5.29. The van der Waals surface area contributed by atoms with Crippen LogP contribution in [0.5, 0.6) is 5.75 Å². The van der Waals surface area contributed by atoms with Gasteiger partial charge in [-0.25, -0.2) is 0 Å². The van der Waals surface area contributed by atoms with E-state index in [9.17, 15) is 10.1 Å². The van der Waals surface area contributed by atoms with Gasteiger partial charge in [-0.15, -0.1) is 0 Å². The van der Waals surface area contributed by atoms with E-state index in [0.717, 1.165) is 30.6 Å². The third kappa shape index (κ3) is 1.93. The molecule has 1 aliphatic rings. The highest BCUT2D eigenvalue weighted by Gasteiger charge is 2.20. The van der Waals surface area contributed by atoms with Crippen molar-refractivity contribution in [3.63, 3.8) is 0 Å². The molecule has 0 aliphatic carbocycles. The number of rotatable bonds is 3. The minimum Gasteiger partial charge on any atom is -0.487 e. The van der Waals surface area contributed by atoms with E-state index in [1.807, 2.05) is 6.92 Å². The second-order valence-corrected chi connectivity index (χ2v) is 3.70. The molecule has 0 amide bonds. The molecule has 16 heavy (non-hydrogen) atoms. The lowest BCUT2D eigenvalue weighted by Crippen LogP contribution is -2.12. The summed E-state index contributed by atoms with van der Waals surface area (Å²) in [6.45, 7) is 3.13.